The molecule has 5 nitrogen and oxygen atoms in total. The molecule has 16 heavy (non-hydrogen) atoms. The number of hydrogen-bond donors (Lipinski definition) is 0. The Morgan fingerprint density at radius 2 is 2.25 bits per heavy atom. The first-order valence-electron chi connectivity index (χ1n) is 4.29. The number of nitrogens with zero attached hydrogens (tertiary/aromatic N) is 2. The van der Waals surface area contributed by atoms with Crippen LogP contribution in [0.15, 0.2) is 12.1 Å². The fraction of sp³-hybridized carbons (Fsp3) is 0.200. The van der Waals surface area contributed by atoms with E-state index in [1.165, 1.54) is 6.07 Å². The molecule has 1 aromatic rings. The van der Waals surface area contributed by atoms with E-state index in [0.717, 1.165) is 6.07 Å². The van der Waals surface area contributed by atoms with Crippen LogP contribution in [0.3, 0.4) is 0 Å². The largest absolute Gasteiger partial charge is 0.293 e. The van der Waals surface area contributed by atoms with Crippen molar-refractivity contribution in [3.8, 4) is 6.07 Å². The van der Waals surface area contributed by atoms with E-state index in [1.807, 2.05) is 6.07 Å². The Morgan fingerprint density at radius 3 is 2.69 bits per heavy atom. The smallest absolute Gasteiger partial charge is 0.281 e. The van der Waals surface area contributed by atoms with E-state index in [-0.39, 0.29) is 27.9 Å². The van der Waals surface area contributed by atoms with Gasteiger partial charge in [-0.3, -0.25) is 14.9 Å². The number of alkyl halides is 1. The lowest BCUT2D eigenvalue weighted by molar-refractivity contribution is -0.385. The van der Waals surface area contributed by atoms with E-state index in [1.54, 1.807) is 6.92 Å². The average Bonchev–Trinajstić information content (AvgIpc) is 2.27. The van der Waals surface area contributed by atoms with Crippen molar-refractivity contribution in [2.45, 2.75) is 6.92 Å². The summed E-state index contributed by atoms with van der Waals surface area (Å²) in [4.78, 5) is 21.5. The van der Waals surface area contributed by atoms with Gasteiger partial charge in [0.2, 0.25) is 0 Å². The van der Waals surface area contributed by atoms with Crippen molar-refractivity contribution in [2.75, 3.05) is 5.33 Å². The van der Waals surface area contributed by atoms with Crippen LogP contribution in [0.5, 0.6) is 0 Å². The molecule has 0 radical (unpaired) electrons. The number of carbonyl (C=O) groups excluding carboxylic acids is 1. The van der Waals surface area contributed by atoms with E-state index in [9.17, 15) is 14.9 Å². The summed E-state index contributed by atoms with van der Waals surface area (Å²) in [6.07, 6.45) is 0. The van der Waals surface area contributed by atoms with E-state index >= 15 is 0 Å². The Kier molecular flexibility index (Phi) is 3.74. The minimum absolute atomic E-state index is 0.0131. The highest BCUT2D eigenvalue weighted by Gasteiger charge is 2.21. The Labute approximate surface area is 100.0 Å². The lowest BCUT2D eigenvalue weighted by Gasteiger charge is -2.03. The summed E-state index contributed by atoms with van der Waals surface area (Å²) >= 11 is 2.96. The second-order valence-corrected chi connectivity index (χ2v) is 3.67. The van der Waals surface area contributed by atoms with Gasteiger partial charge in [-0.05, 0) is 18.6 Å². The molecule has 0 amide bonds. The zero-order chi connectivity index (χ0) is 12.3. The maximum absolute atomic E-state index is 11.5. The summed E-state index contributed by atoms with van der Waals surface area (Å²) in [6.45, 7) is 1.63. The van der Waals surface area contributed by atoms with Crippen LogP contribution in [-0.2, 0) is 0 Å². The number of aryl methyl sites for hydroxylation is 1. The molecule has 0 aliphatic carbocycles. The van der Waals surface area contributed by atoms with Gasteiger partial charge in [0.15, 0.2) is 5.78 Å². The highest BCUT2D eigenvalue weighted by atomic mass is 79.9. The summed E-state index contributed by atoms with van der Waals surface area (Å²) in [5.41, 5.74) is 0.459. The molecule has 1 rings (SSSR count). The van der Waals surface area contributed by atoms with E-state index in [2.05, 4.69) is 15.9 Å². The molecule has 0 saturated heterocycles. The Morgan fingerprint density at radius 1 is 1.62 bits per heavy atom. The highest BCUT2D eigenvalue weighted by molar-refractivity contribution is 9.09. The van der Waals surface area contributed by atoms with Gasteiger partial charge in [-0.25, -0.2) is 0 Å². The van der Waals surface area contributed by atoms with Crippen LogP contribution in [0.2, 0.25) is 0 Å². The predicted molar refractivity (Wildman–Crippen MR) is 60.7 cm³/mol. The molecule has 0 saturated carbocycles. The predicted octanol–water partition coefficient (Wildman–Crippen LogP) is 2.35. The molecule has 0 fully saturated rings. The second-order valence-electron chi connectivity index (χ2n) is 3.11. The van der Waals surface area contributed by atoms with Crippen molar-refractivity contribution in [2.24, 2.45) is 0 Å². The summed E-state index contributed by atoms with van der Waals surface area (Å²) in [5.74, 6) is -0.376. The number of hydrogen-bond acceptors (Lipinski definition) is 4. The van der Waals surface area contributed by atoms with Crippen molar-refractivity contribution in [1.29, 1.82) is 5.26 Å². The number of rotatable bonds is 3. The number of Topliss-reactive ketones (excluding diaryl/α,β-unsaturated/α-hetero) is 1. The van der Waals surface area contributed by atoms with Gasteiger partial charge in [0.05, 0.1) is 27.4 Å². The van der Waals surface area contributed by atoms with Gasteiger partial charge in [0, 0.05) is 6.07 Å². The standard InChI is InChI=1S/C10H7BrN2O3/c1-6-2-8(10(14)4-11)9(13(15)16)3-7(6)5-12/h2-3H,4H2,1H3. The van der Waals surface area contributed by atoms with Crippen molar-refractivity contribution in [1.82, 2.24) is 0 Å². The molecule has 0 heterocycles. The maximum Gasteiger partial charge on any atom is 0.281 e. The van der Waals surface area contributed by atoms with Crippen LogP contribution in [-0.4, -0.2) is 16.0 Å². The minimum Gasteiger partial charge on any atom is -0.293 e. The summed E-state index contributed by atoms with van der Waals surface area (Å²) < 4.78 is 0. The molecule has 0 aliphatic rings. The third kappa shape index (κ3) is 2.25. The zero-order valence-electron chi connectivity index (χ0n) is 8.36. The number of nitro groups is 1. The van der Waals surface area contributed by atoms with Crippen LogP contribution in [0.25, 0.3) is 0 Å². The number of nitro benzene ring substituents is 1. The first-order valence-corrected chi connectivity index (χ1v) is 5.41. The first kappa shape index (κ1) is 12.3. The summed E-state index contributed by atoms with van der Waals surface area (Å²) in [5, 5.41) is 19.5. The van der Waals surface area contributed by atoms with Gasteiger partial charge in [0.25, 0.3) is 5.69 Å². The third-order valence-electron chi connectivity index (χ3n) is 2.08. The molecule has 6 heteroatoms. The summed E-state index contributed by atoms with van der Waals surface area (Å²) in [6, 6.07) is 4.35. The van der Waals surface area contributed by atoms with Crippen LogP contribution in [0.4, 0.5) is 5.69 Å². The molecular weight excluding hydrogens is 276 g/mol. The molecule has 0 bridgehead atoms. The highest BCUT2D eigenvalue weighted by Crippen LogP contribution is 2.24. The average molecular weight is 283 g/mol. The molecule has 0 unspecified atom stereocenters. The normalized spacial score (nSPS) is 9.56. The topological polar surface area (TPSA) is 84.0 Å². The number of ketones is 1. The molecule has 1 aromatic carbocycles. The fourth-order valence-corrected chi connectivity index (χ4v) is 1.57. The third-order valence-corrected chi connectivity index (χ3v) is 2.59. The van der Waals surface area contributed by atoms with Crippen molar-refractivity contribution in [3.63, 3.8) is 0 Å². The number of nitriles is 1. The van der Waals surface area contributed by atoms with E-state index in [0.29, 0.717) is 5.56 Å². The Hall–Kier alpha value is -1.74. The van der Waals surface area contributed by atoms with Gasteiger partial charge in [0.1, 0.15) is 0 Å². The maximum atomic E-state index is 11.5. The lowest BCUT2D eigenvalue weighted by atomic mass is 10.0. The lowest BCUT2D eigenvalue weighted by Crippen LogP contribution is -2.06. The molecular formula is C10H7BrN2O3. The second kappa shape index (κ2) is 4.86. The van der Waals surface area contributed by atoms with E-state index < -0.39 is 4.92 Å². The Bertz CT molecular complexity index is 506. The quantitative estimate of drug-likeness (QED) is 0.369. The van der Waals surface area contributed by atoms with Gasteiger partial charge in [-0.15, -0.1) is 0 Å². The molecule has 0 aliphatic heterocycles. The van der Waals surface area contributed by atoms with Crippen LogP contribution >= 0.6 is 15.9 Å². The van der Waals surface area contributed by atoms with Gasteiger partial charge < -0.3 is 0 Å². The molecule has 82 valence electrons. The first-order chi connectivity index (χ1) is 7.51. The number of benzene rings is 1. The SMILES string of the molecule is Cc1cc(C(=O)CBr)c([N+](=O)[O-])cc1C#N. The monoisotopic (exact) mass is 282 g/mol. The minimum atomic E-state index is -0.657. The molecule has 0 N–H and O–H groups in total. The van der Waals surface area contributed by atoms with Gasteiger partial charge >= 0.3 is 0 Å². The Balaban J connectivity index is 3.49. The van der Waals surface area contributed by atoms with Crippen LogP contribution < -0.4 is 0 Å². The van der Waals surface area contributed by atoms with Crippen molar-refractivity contribution >= 4 is 27.4 Å². The van der Waals surface area contributed by atoms with E-state index in [4.69, 9.17) is 5.26 Å². The zero-order valence-corrected chi connectivity index (χ0v) is 9.94. The van der Waals surface area contributed by atoms with Crippen LogP contribution in [0.1, 0.15) is 21.5 Å². The van der Waals surface area contributed by atoms with Gasteiger partial charge in [-0.1, -0.05) is 15.9 Å². The molecule has 0 atom stereocenters. The van der Waals surface area contributed by atoms with Crippen molar-refractivity contribution in [3.05, 3.63) is 38.9 Å². The number of carbonyl (C=O) groups is 1. The number of halogens is 1. The van der Waals surface area contributed by atoms with Gasteiger partial charge in [-0.2, -0.15) is 5.26 Å². The molecule has 0 spiro atoms. The molecule has 0 aromatic heterocycles. The van der Waals surface area contributed by atoms with Crippen LogP contribution in [0, 0.1) is 28.4 Å². The summed E-state index contributed by atoms with van der Waals surface area (Å²) in [7, 11) is 0. The fourth-order valence-electron chi connectivity index (χ4n) is 1.26. The van der Waals surface area contributed by atoms with Crippen molar-refractivity contribution < 1.29 is 9.72 Å².